The number of anilines is 1. The van der Waals surface area contributed by atoms with Crippen molar-refractivity contribution in [2.24, 2.45) is 13.0 Å². The number of hydrogen-bond acceptors (Lipinski definition) is 5. The average Bonchev–Trinajstić information content (AvgIpc) is 3.36. The summed E-state index contributed by atoms with van der Waals surface area (Å²) in [6.07, 6.45) is -0.651. The molecule has 3 atom stereocenters. The summed E-state index contributed by atoms with van der Waals surface area (Å²) in [5.74, 6) is -0.725. The molecule has 0 unspecified atom stereocenters. The Labute approximate surface area is 198 Å². The van der Waals surface area contributed by atoms with E-state index >= 15 is 0 Å². The van der Waals surface area contributed by atoms with Crippen LogP contribution in [0.3, 0.4) is 0 Å². The first-order valence-corrected chi connectivity index (χ1v) is 11.3. The minimum atomic E-state index is -2.96. The molecule has 1 aliphatic carbocycles. The van der Waals surface area contributed by atoms with E-state index in [0.717, 1.165) is 17.2 Å². The van der Waals surface area contributed by atoms with E-state index in [0.29, 0.717) is 18.5 Å². The summed E-state index contributed by atoms with van der Waals surface area (Å²) < 4.78 is 43.7. The lowest BCUT2D eigenvalue weighted by Gasteiger charge is -2.23. The third-order valence-corrected chi connectivity index (χ3v) is 7.23. The van der Waals surface area contributed by atoms with Crippen LogP contribution in [0.2, 0.25) is 0 Å². The molecular formula is C24H24F3N5O3. The highest BCUT2D eigenvalue weighted by molar-refractivity contribution is 5.90. The van der Waals surface area contributed by atoms with Gasteiger partial charge in [0.15, 0.2) is 5.82 Å². The van der Waals surface area contributed by atoms with E-state index in [1.165, 1.54) is 32.2 Å². The van der Waals surface area contributed by atoms with Gasteiger partial charge in [-0.3, -0.25) is 14.4 Å². The molecule has 0 bridgehead atoms. The van der Waals surface area contributed by atoms with Crippen molar-refractivity contribution < 1.29 is 18.0 Å². The fourth-order valence-electron chi connectivity index (χ4n) is 5.20. The molecule has 8 nitrogen and oxygen atoms in total. The number of halogens is 3. The molecule has 3 aromatic rings. The molecule has 184 valence electrons. The third kappa shape index (κ3) is 3.60. The van der Waals surface area contributed by atoms with Gasteiger partial charge in [0.25, 0.3) is 17.5 Å². The Morgan fingerprint density at radius 2 is 1.94 bits per heavy atom. The maximum atomic E-state index is 14.7. The Morgan fingerprint density at radius 3 is 2.60 bits per heavy atom. The molecule has 0 spiro atoms. The quantitative estimate of drug-likeness (QED) is 0.598. The fourth-order valence-corrected chi connectivity index (χ4v) is 5.20. The van der Waals surface area contributed by atoms with Gasteiger partial charge in [-0.05, 0) is 13.3 Å². The Hall–Kier alpha value is -3.63. The second-order valence-corrected chi connectivity index (χ2v) is 9.41. The number of nitrogens with one attached hydrogen (secondary N) is 1. The van der Waals surface area contributed by atoms with Gasteiger partial charge in [0.2, 0.25) is 5.91 Å². The molecule has 1 saturated heterocycles. The lowest BCUT2D eigenvalue weighted by atomic mass is 10.0. The summed E-state index contributed by atoms with van der Waals surface area (Å²) in [5.41, 5.74) is -2.04. The fraction of sp³-hybridized carbons (Fsp3) is 0.417. The minimum absolute atomic E-state index is 0.0219. The predicted octanol–water partition coefficient (Wildman–Crippen LogP) is 2.92. The van der Waals surface area contributed by atoms with Gasteiger partial charge in [0.05, 0.1) is 22.5 Å². The number of pyridine rings is 1. The van der Waals surface area contributed by atoms with Gasteiger partial charge in [0.1, 0.15) is 5.82 Å². The summed E-state index contributed by atoms with van der Waals surface area (Å²) in [6.45, 7) is 4.05. The van der Waals surface area contributed by atoms with E-state index in [1.807, 2.05) is 0 Å². The highest BCUT2D eigenvalue weighted by atomic mass is 19.3. The molecule has 35 heavy (non-hydrogen) atoms. The number of aromatic nitrogens is 3. The number of amides is 1. The second kappa shape index (κ2) is 7.96. The van der Waals surface area contributed by atoms with Crippen LogP contribution in [0.4, 0.5) is 19.0 Å². The molecular weight excluding hydrogens is 463 g/mol. The van der Waals surface area contributed by atoms with Crippen LogP contribution in [0.15, 0.2) is 40.1 Å². The van der Waals surface area contributed by atoms with Crippen molar-refractivity contribution in [3.63, 3.8) is 0 Å². The van der Waals surface area contributed by atoms with E-state index in [4.69, 9.17) is 0 Å². The molecule has 1 saturated carbocycles. The monoisotopic (exact) mass is 487 g/mol. The Kier molecular flexibility index (Phi) is 5.26. The van der Waals surface area contributed by atoms with Crippen LogP contribution in [-0.2, 0) is 17.4 Å². The van der Waals surface area contributed by atoms with Crippen LogP contribution in [-0.4, -0.2) is 38.2 Å². The Balaban J connectivity index is 1.59. The highest BCUT2D eigenvalue weighted by Gasteiger charge is 2.62. The van der Waals surface area contributed by atoms with Gasteiger partial charge in [-0.1, -0.05) is 18.2 Å². The number of alkyl halides is 2. The second-order valence-electron chi connectivity index (χ2n) is 9.41. The standard InChI is InChI=1S/C24H24F3N5O3/c1-12(15-5-4-6-16(20(15)25)21(26)27)28-22-18-10-32(19(34)7-17(18)23(35)30(3)29-22)24-8-14(24)9-31(11-24)13(2)33/h4-7,10,12,14,21H,8-9,11H2,1-3H3,(H,28,29)/t12-,14+,24+/m1/s1. The van der Waals surface area contributed by atoms with E-state index < -0.39 is 34.9 Å². The Morgan fingerprint density at radius 1 is 1.23 bits per heavy atom. The molecule has 1 N–H and O–H groups in total. The van der Waals surface area contributed by atoms with Crippen molar-refractivity contribution in [3.05, 3.63) is 68.1 Å². The van der Waals surface area contributed by atoms with Gasteiger partial charge < -0.3 is 14.8 Å². The molecule has 2 aliphatic rings. The van der Waals surface area contributed by atoms with Crippen LogP contribution in [0.1, 0.15) is 43.9 Å². The van der Waals surface area contributed by atoms with Crippen molar-refractivity contribution in [1.29, 1.82) is 0 Å². The Bertz CT molecular complexity index is 1480. The maximum Gasteiger partial charge on any atom is 0.274 e. The van der Waals surface area contributed by atoms with Gasteiger partial charge in [0, 0.05) is 56.2 Å². The van der Waals surface area contributed by atoms with E-state index in [2.05, 4.69) is 10.4 Å². The maximum absolute atomic E-state index is 14.7. The van der Waals surface area contributed by atoms with Gasteiger partial charge in [-0.2, -0.15) is 5.10 Å². The summed E-state index contributed by atoms with van der Waals surface area (Å²) in [5, 5.41) is 7.79. The van der Waals surface area contributed by atoms with Crippen molar-refractivity contribution in [2.45, 2.75) is 38.3 Å². The lowest BCUT2D eigenvalue weighted by molar-refractivity contribution is -0.128. The number of benzene rings is 1. The number of likely N-dealkylation sites (tertiary alicyclic amines) is 1. The molecule has 2 aromatic heterocycles. The van der Waals surface area contributed by atoms with E-state index in [9.17, 15) is 27.6 Å². The molecule has 1 amide bonds. The molecule has 0 radical (unpaired) electrons. The number of aryl methyl sites for hydroxylation is 1. The smallest absolute Gasteiger partial charge is 0.274 e. The SMILES string of the molecule is CC(=O)N1C[C@@H]2C[C@]2(n2cc3c(N[C@H](C)c4cccc(C(F)F)c4F)nn(C)c(=O)c3cc2=O)C1. The summed E-state index contributed by atoms with van der Waals surface area (Å²) >= 11 is 0. The number of nitrogens with zero attached hydrogens (tertiary/aromatic N) is 4. The third-order valence-electron chi connectivity index (χ3n) is 7.23. The summed E-state index contributed by atoms with van der Waals surface area (Å²) in [7, 11) is 1.43. The molecule has 5 rings (SSSR count). The van der Waals surface area contributed by atoms with Crippen molar-refractivity contribution in [1.82, 2.24) is 19.2 Å². The number of fused-ring (bicyclic) bond motifs is 2. The zero-order valence-electron chi connectivity index (χ0n) is 19.4. The zero-order chi connectivity index (χ0) is 25.2. The van der Waals surface area contributed by atoms with Crippen molar-refractivity contribution >= 4 is 22.5 Å². The largest absolute Gasteiger partial charge is 0.361 e. The van der Waals surface area contributed by atoms with Gasteiger partial charge in [-0.15, -0.1) is 0 Å². The minimum Gasteiger partial charge on any atom is -0.361 e. The van der Waals surface area contributed by atoms with E-state index in [1.54, 1.807) is 22.6 Å². The topological polar surface area (TPSA) is 89.2 Å². The normalized spacial score (nSPS) is 21.9. The molecule has 2 fully saturated rings. The first kappa shape index (κ1) is 23.1. The zero-order valence-corrected chi connectivity index (χ0v) is 19.4. The lowest BCUT2D eigenvalue weighted by Crippen LogP contribution is -2.38. The molecule has 1 aromatic carbocycles. The number of carbonyl (C=O) groups is 1. The van der Waals surface area contributed by atoms with Crippen molar-refractivity contribution in [3.8, 4) is 0 Å². The van der Waals surface area contributed by atoms with Crippen LogP contribution >= 0.6 is 0 Å². The molecule has 3 heterocycles. The van der Waals surface area contributed by atoms with Gasteiger partial charge in [-0.25, -0.2) is 17.9 Å². The van der Waals surface area contributed by atoms with Crippen LogP contribution < -0.4 is 16.4 Å². The van der Waals surface area contributed by atoms with Crippen molar-refractivity contribution in [2.75, 3.05) is 18.4 Å². The van der Waals surface area contributed by atoms with E-state index in [-0.39, 0.29) is 34.2 Å². The number of hydrogen-bond donors (Lipinski definition) is 1. The van der Waals surface area contributed by atoms with Crippen LogP contribution in [0.25, 0.3) is 10.8 Å². The number of carbonyl (C=O) groups excluding carboxylic acids is 1. The predicted molar refractivity (Wildman–Crippen MR) is 123 cm³/mol. The average molecular weight is 487 g/mol. The molecule has 1 aliphatic heterocycles. The molecule has 11 heteroatoms. The summed E-state index contributed by atoms with van der Waals surface area (Å²) in [6, 6.07) is 4.28. The summed E-state index contributed by atoms with van der Waals surface area (Å²) in [4.78, 5) is 39.4. The van der Waals surface area contributed by atoms with Gasteiger partial charge >= 0.3 is 0 Å². The first-order chi connectivity index (χ1) is 16.5. The van der Waals surface area contributed by atoms with Crippen LogP contribution in [0, 0.1) is 11.7 Å². The number of piperidine rings is 1. The number of rotatable bonds is 5. The first-order valence-electron chi connectivity index (χ1n) is 11.3. The van der Waals surface area contributed by atoms with Crippen LogP contribution in [0.5, 0.6) is 0 Å². The highest BCUT2D eigenvalue weighted by Crippen LogP contribution is 2.55.